The molecule has 0 bridgehead atoms. The standard InChI is InChI=1S/C11H20N4S/c1-11(2)4-6-15(7-5-11)8-9-10(12-3)16-14-13-9/h12H,4-8H2,1-3H3. The Morgan fingerprint density at radius 3 is 2.69 bits per heavy atom. The van der Waals surface area contributed by atoms with Gasteiger partial charge in [-0.2, -0.15) is 0 Å². The van der Waals surface area contributed by atoms with Crippen LogP contribution < -0.4 is 5.32 Å². The number of hydrogen-bond acceptors (Lipinski definition) is 5. The minimum absolute atomic E-state index is 0.517. The summed E-state index contributed by atoms with van der Waals surface area (Å²) in [5, 5.41) is 8.43. The van der Waals surface area contributed by atoms with E-state index in [9.17, 15) is 0 Å². The maximum atomic E-state index is 4.18. The van der Waals surface area contributed by atoms with E-state index < -0.39 is 0 Å². The molecule has 90 valence electrons. The maximum absolute atomic E-state index is 4.18. The smallest absolute Gasteiger partial charge is 0.134 e. The highest BCUT2D eigenvalue weighted by Gasteiger charge is 2.26. The van der Waals surface area contributed by atoms with E-state index in [-0.39, 0.29) is 0 Å². The zero-order chi connectivity index (χ0) is 11.6. The summed E-state index contributed by atoms with van der Waals surface area (Å²) >= 11 is 1.44. The predicted octanol–water partition coefficient (Wildman–Crippen LogP) is 2.20. The molecule has 0 radical (unpaired) electrons. The number of likely N-dealkylation sites (tertiary alicyclic amines) is 1. The molecule has 1 aromatic rings. The van der Waals surface area contributed by atoms with Gasteiger partial charge in [0.25, 0.3) is 0 Å². The molecule has 0 saturated carbocycles. The van der Waals surface area contributed by atoms with E-state index in [2.05, 4.69) is 33.7 Å². The Morgan fingerprint density at radius 1 is 1.38 bits per heavy atom. The molecule has 1 aliphatic rings. The summed E-state index contributed by atoms with van der Waals surface area (Å²) in [4.78, 5) is 2.48. The lowest BCUT2D eigenvalue weighted by atomic mass is 9.83. The van der Waals surface area contributed by atoms with Crippen molar-refractivity contribution in [3.8, 4) is 0 Å². The minimum atomic E-state index is 0.517. The second-order valence-corrected chi connectivity index (χ2v) is 5.99. The summed E-state index contributed by atoms with van der Waals surface area (Å²) in [6.45, 7) is 7.99. The summed E-state index contributed by atoms with van der Waals surface area (Å²) in [5.41, 5.74) is 1.61. The summed E-state index contributed by atoms with van der Waals surface area (Å²) in [6.07, 6.45) is 2.55. The van der Waals surface area contributed by atoms with E-state index in [0.29, 0.717) is 5.41 Å². The number of nitrogens with zero attached hydrogens (tertiary/aromatic N) is 3. The molecule has 5 heteroatoms. The van der Waals surface area contributed by atoms with Crippen LogP contribution >= 0.6 is 11.5 Å². The average Bonchev–Trinajstić information content (AvgIpc) is 2.68. The van der Waals surface area contributed by atoms with E-state index in [0.717, 1.165) is 17.2 Å². The third-order valence-corrected chi connectivity index (χ3v) is 4.15. The summed E-state index contributed by atoms with van der Waals surface area (Å²) < 4.78 is 3.99. The van der Waals surface area contributed by atoms with E-state index in [1.54, 1.807) is 0 Å². The highest BCUT2D eigenvalue weighted by molar-refractivity contribution is 7.10. The first kappa shape index (κ1) is 11.8. The van der Waals surface area contributed by atoms with Crippen molar-refractivity contribution in [2.24, 2.45) is 5.41 Å². The fourth-order valence-corrected chi connectivity index (χ4v) is 2.55. The first-order chi connectivity index (χ1) is 7.61. The Bertz CT molecular complexity index is 338. The van der Waals surface area contributed by atoms with Gasteiger partial charge in [-0.05, 0) is 31.3 Å². The van der Waals surface area contributed by atoms with Gasteiger partial charge in [-0.1, -0.05) is 18.3 Å². The van der Waals surface area contributed by atoms with Crippen molar-refractivity contribution >= 4 is 16.5 Å². The van der Waals surface area contributed by atoms with Crippen molar-refractivity contribution in [3.05, 3.63) is 5.69 Å². The van der Waals surface area contributed by atoms with Gasteiger partial charge in [0, 0.05) is 25.1 Å². The lowest BCUT2D eigenvalue weighted by Gasteiger charge is -2.36. The molecule has 16 heavy (non-hydrogen) atoms. The molecule has 1 saturated heterocycles. The van der Waals surface area contributed by atoms with Gasteiger partial charge in [0.1, 0.15) is 10.7 Å². The molecule has 1 aromatic heterocycles. The van der Waals surface area contributed by atoms with Crippen LogP contribution in [0.15, 0.2) is 0 Å². The van der Waals surface area contributed by atoms with E-state index in [4.69, 9.17) is 0 Å². The topological polar surface area (TPSA) is 41.1 Å². The van der Waals surface area contributed by atoms with Gasteiger partial charge in [0.2, 0.25) is 0 Å². The van der Waals surface area contributed by atoms with E-state index >= 15 is 0 Å². The Labute approximate surface area is 101 Å². The maximum Gasteiger partial charge on any atom is 0.134 e. The van der Waals surface area contributed by atoms with Crippen LogP contribution in [0, 0.1) is 5.41 Å². The number of anilines is 1. The molecule has 0 amide bonds. The first-order valence-corrected chi connectivity index (χ1v) is 6.59. The van der Waals surface area contributed by atoms with Crippen molar-refractivity contribution in [3.63, 3.8) is 0 Å². The molecule has 0 aliphatic carbocycles. The molecular weight excluding hydrogens is 220 g/mol. The summed E-state index contributed by atoms with van der Waals surface area (Å²) in [7, 11) is 1.93. The lowest BCUT2D eigenvalue weighted by molar-refractivity contribution is 0.126. The van der Waals surface area contributed by atoms with Crippen LogP contribution in [0.3, 0.4) is 0 Å². The molecule has 1 aliphatic heterocycles. The predicted molar refractivity (Wildman–Crippen MR) is 67.7 cm³/mol. The monoisotopic (exact) mass is 240 g/mol. The van der Waals surface area contributed by atoms with Crippen molar-refractivity contribution in [2.75, 3.05) is 25.5 Å². The van der Waals surface area contributed by atoms with Gasteiger partial charge < -0.3 is 5.32 Å². The average molecular weight is 240 g/mol. The Hall–Kier alpha value is -0.680. The summed E-state index contributed by atoms with van der Waals surface area (Å²) in [6, 6.07) is 0. The van der Waals surface area contributed by atoms with Crippen LogP contribution in [0.1, 0.15) is 32.4 Å². The zero-order valence-electron chi connectivity index (χ0n) is 10.3. The van der Waals surface area contributed by atoms with Crippen molar-refractivity contribution in [1.82, 2.24) is 14.5 Å². The third-order valence-electron chi connectivity index (χ3n) is 3.37. The molecule has 0 unspecified atom stereocenters. The van der Waals surface area contributed by atoms with Crippen LogP contribution in [-0.2, 0) is 6.54 Å². The molecule has 0 atom stereocenters. The molecule has 2 heterocycles. The van der Waals surface area contributed by atoms with Crippen LogP contribution in [0.25, 0.3) is 0 Å². The van der Waals surface area contributed by atoms with E-state index in [1.165, 1.54) is 37.5 Å². The Morgan fingerprint density at radius 2 is 2.06 bits per heavy atom. The van der Waals surface area contributed by atoms with Crippen LogP contribution in [0.5, 0.6) is 0 Å². The van der Waals surface area contributed by atoms with Crippen molar-refractivity contribution in [2.45, 2.75) is 33.2 Å². The second-order valence-electron chi connectivity index (χ2n) is 5.24. The van der Waals surface area contributed by atoms with Gasteiger partial charge in [-0.15, -0.1) is 5.10 Å². The van der Waals surface area contributed by atoms with Crippen LogP contribution in [-0.4, -0.2) is 34.6 Å². The fraction of sp³-hybridized carbons (Fsp3) is 0.818. The second kappa shape index (κ2) is 4.67. The largest absolute Gasteiger partial charge is 0.377 e. The van der Waals surface area contributed by atoms with Crippen LogP contribution in [0.4, 0.5) is 5.00 Å². The van der Waals surface area contributed by atoms with Gasteiger partial charge >= 0.3 is 0 Å². The Balaban J connectivity index is 1.92. The minimum Gasteiger partial charge on any atom is -0.377 e. The van der Waals surface area contributed by atoms with Gasteiger partial charge in [-0.3, -0.25) is 4.90 Å². The molecule has 1 fully saturated rings. The number of rotatable bonds is 3. The normalized spacial score (nSPS) is 20.9. The number of hydrogen-bond donors (Lipinski definition) is 1. The Kier molecular flexibility index (Phi) is 3.44. The number of aromatic nitrogens is 2. The van der Waals surface area contributed by atoms with Crippen molar-refractivity contribution < 1.29 is 0 Å². The molecule has 4 nitrogen and oxygen atoms in total. The van der Waals surface area contributed by atoms with Gasteiger partial charge in [0.15, 0.2) is 0 Å². The molecular formula is C11H20N4S. The molecule has 0 spiro atoms. The number of nitrogens with one attached hydrogen (secondary N) is 1. The molecule has 2 rings (SSSR count). The SMILES string of the molecule is CNc1snnc1CN1CCC(C)(C)CC1. The highest BCUT2D eigenvalue weighted by Crippen LogP contribution is 2.30. The van der Waals surface area contributed by atoms with Crippen LogP contribution in [0.2, 0.25) is 0 Å². The third kappa shape index (κ3) is 2.71. The highest BCUT2D eigenvalue weighted by atomic mass is 32.1. The lowest BCUT2D eigenvalue weighted by Crippen LogP contribution is -2.36. The fourth-order valence-electron chi connectivity index (χ4n) is 2.03. The van der Waals surface area contributed by atoms with Gasteiger partial charge in [0.05, 0.1) is 0 Å². The van der Waals surface area contributed by atoms with Crippen molar-refractivity contribution in [1.29, 1.82) is 0 Å². The van der Waals surface area contributed by atoms with E-state index in [1.807, 2.05) is 7.05 Å². The van der Waals surface area contributed by atoms with Gasteiger partial charge in [-0.25, -0.2) is 0 Å². The first-order valence-electron chi connectivity index (χ1n) is 5.82. The quantitative estimate of drug-likeness (QED) is 0.879. The zero-order valence-corrected chi connectivity index (χ0v) is 11.1. The summed E-state index contributed by atoms with van der Waals surface area (Å²) in [5.74, 6) is 0. The number of piperidine rings is 1. The molecule has 0 aromatic carbocycles. The molecule has 1 N–H and O–H groups in total.